The van der Waals surface area contributed by atoms with Gasteiger partial charge < -0.3 is 5.32 Å². The largest absolute Gasteiger partial charge is 0.377 e. The van der Waals surface area contributed by atoms with Gasteiger partial charge in [-0.15, -0.1) is 0 Å². The summed E-state index contributed by atoms with van der Waals surface area (Å²) < 4.78 is 0.844. The number of halogens is 1. The second-order valence-electron chi connectivity index (χ2n) is 5.21. The summed E-state index contributed by atoms with van der Waals surface area (Å²) in [6, 6.07) is 13.4. The Labute approximate surface area is 131 Å². The highest BCUT2D eigenvalue weighted by molar-refractivity contribution is 9.10. The molecule has 0 saturated carbocycles. The van der Waals surface area contributed by atoms with Gasteiger partial charge in [-0.1, -0.05) is 24.3 Å². The van der Waals surface area contributed by atoms with Crippen molar-refractivity contribution in [3.8, 4) is 0 Å². The van der Waals surface area contributed by atoms with E-state index in [9.17, 15) is 10.1 Å². The van der Waals surface area contributed by atoms with Gasteiger partial charge in [-0.2, -0.15) is 0 Å². The molecule has 0 saturated heterocycles. The first kappa shape index (κ1) is 14.1. The van der Waals surface area contributed by atoms with Crippen LogP contribution in [0.5, 0.6) is 0 Å². The topological polar surface area (TPSA) is 55.2 Å². The molecule has 0 aromatic heterocycles. The number of anilines is 1. The fourth-order valence-corrected chi connectivity index (χ4v) is 3.19. The van der Waals surface area contributed by atoms with Gasteiger partial charge in [0.2, 0.25) is 0 Å². The predicted octanol–water partition coefficient (Wildman–Crippen LogP) is 4.85. The second kappa shape index (κ2) is 5.85. The molecule has 2 aromatic rings. The van der Waals surface area contributed by atoms with Crippen LogP contribution in [0, 0.1) is 10.1 Å². The van der Waals surface area contributed by atoms with Crippen LogP contribution in [-0.2, 0) is 6.42 Å². The number of benzene rings is 2. The van der Waals surface area contributed by atoms with Crippen molar-refractivity contribution < 1.29 is 4.92 Å². The molecule has 1 aliphatic rings. The number of nitro groups is 1. The van der Waals surface area contributed by atoms with Crippen LogP contribution in [0.25, 0.3) is 0 Å². The Morgan fingerprint density at radius 2 is 2.05 bits per heavy atom. The molecule has 1 unspecified atom stereocenters. The van der Waals surface area contributed by atoms with E-state index in [1.165, 1.54) is 17.2 Å². The zero-order chi connectivity index (χ0) is 14.8. The maximum atomic E-state index is 10.9. The van der Waals surface area contributed by atoms with Crippen LogP contribution in [0.1, 0.15) is 30.0 Å². The Morgan fingerprint density at radius 3 is 2.86 bits per heavy atom. The van der Waals surface area contributed by atoms with Crippen molar-refractivity contribution in [1.29, 1.82) is 0 Å². The number of fused-ring (bicyclic) bond motifs is 1. The van der Waals surface area contributed by atoms with Crippen LogP contribution >= 0.6 is 15.9 Å². The molecule has 5 heteroatoms. The lowest BCUT2D eigenvalue weighted by Gasteiger charge is -2.27. The van der Waals surface area contributed by atoms with Crippen molar-refractivity contribution in [3.63, 3.8) is 0 Å². The van der Waals surface area contributed by atoms with Crippen LogP contribution in [-0.4, -0.2) is 4.92 Å². The first-order chi connectivity index (χ1) is 10.1. The molecular weight excluding hydrogens is 332 g/mol. The highest BCUT2D eigenvalue weighted by atomic mass is 79.9. The molecule has 1 N–H and O–H groups in total. The van der Waals surface area contributed by atoms with Gasteiger partial charge in [-0.25, -0.2) is 0 Å². The Hall–Kier alpha value is -1.88. The smallest absolute Gasteiger partial charge is 0.271 e. The van der Waals surface area contributed by atoms with Crippen molar-refractivity contribution in [1.82, 2.24) is 0 Å². The molecular formula is C16H15BrN2O2. The quantitative estimate of drug-likeness (QED) is 0.638. The van der Waals surface area contributed by atoms with Crippen molar-refractivity contribution in [2.75, 3.05) is 5.32 Å². The van der Waals surface area contributed by atoms with E-state index in [-0.39, 0.29) is 16.7 Å². The monoisotopic (exact) mass is 346 g/mol. The van der Waals surface area contributed by atoms with E-state index in [1.54, 1.807) is 12.1 Å². The van der Waals surface area contributed by atoms with E-state index in [2.05, 4.69) is 39.4 Å². The predicted molar refractivity (Wildman–Crippen MR) is 86.5 cm³/mol. The van der Waals surface area contributed by atoms with Crippen molar-refractivity contribution in [2.24, 2.45) is 0 Å². The summed E-state index contributed by atoms with van der Waals surface area (Å²) in [7, 11) is 0. The summed E-state index contributed by atoms with van der Waals surface area (Å²) in [5, 5.41) is 14.4. The first-order valence-electron chi connectivity index (χ1n) is 6.93. The van der Waals surface area contributed by atoms with Crippen LogP contribution in [0.3, 0.4) is 0 Å². The van der Waals surface area contributed by atoms with E-state index >= 15 is 0 Å². The summed E-state index contributed by atoms with van der Waals surface area (Å²) in [4.78, 5) is 10.5. The van der Waals surface area contributed by atoms with Crippen LogP contribution in [0.4, 0.5) is 11.4 Å². The molecule has 0 amide bonds. The van der Waals surface area contributed by atoms with Gasteiger partial charge in [0.05, 0.1) is 16.7 Å². The molecule has 0 spiro atoms. The normalized spacial score (nSPS) is 17.1. The molecule has 3 rings (SSSR count). The fourth-order valence-electron chi connectivity index (χ4n) is 2.83. The van der Waals surface area contributed by atoms with Gasteiger partial charge in [0.15, 0.2) is 0 Å². The summed E-state index contributed by atoms with van der Waals surface area (Å²) in [6.07, 6.45) is 3.26. The van der Waals surface area contributed by atoms with E-state index in [0.29, 0.717) is 0 Å². The minimum Gasteiger partial charge on any atom is -0.377 e. The number of non-ortho nitro benzene ring substituents is 1. The van der Waals surface area contributed by atoms with E-state index in [4.69, 9.17) is 0 Å². The molecule has 0 aliphatic heterocycles. The molecule has 1 aliphatic carbocycles. The zero-order valence-electron chi connectivity index (χ0n) is 11.4. The first-order valence-corrected chi connectivity index (χ1v) is 7.73. The van der Waals surface area contributed by atoms with Crippen LogP contribution < -0.4 is 5.32 Å². The lowest BCUT2D eigenvalue weighted by molar-refractivity contribution is -0.384. The second-order valence-corrected chi connectivity index (χ2v) is 6.06. The van der Waals surface area contributed by atoms with Crippen molar-refractivity contribution in [2.45, 2.75) is 25.3 Å². The van der Waals surface area contributed by atoms with Gasteiger partial charge >= 0.3 is 0 Å². The fraction of sp³-hybridized carbons (Fsp3) is 0.250. The Bertz CT molecular complexity index is 688. The minimum atomic E-state index is -0.369. The number of nitrogens with zero attached hydrogens (tertiary/aromatic N) is 1. The minimum absolute atomic E-state index is 0.102. The van der Waals surface area contributed by atoms with E-state index < -0.39 is 0 Å². The number of aryl methyl sites for hydroxylation is 1. The molecule has 2 aromatic carbocycles. The number of nitrogens with one attached hydrogen (secondary N) is 1. The highest BCUT2D eigenvalue weighted by Crippen LogP contribution is 2.35. The van der Waals surface area contributed by atoms with Gasteiger partial charge in [0.1, 0.15) is 0 Å². The third-order valence-corrected chi connectivity index (χ3v) is 4.55. The maximum absolute atomic E-state index is 10.9. The molecule has 0 heterocycles. The third-order valence-electron chi connectivity index (χ3n) is 3.86. The van der Waals surface area contributed by atoms with Gasteiger partial charge in [-0.3, -0.25) is 10.1 Å². The number of nitro benzene ring substituents is 1. The van der Waals surface area contributed by atoms with Crippen molar-refractivity contribution >= 4 is 27.3 Å². The lowest BCUT2D eigenvalue weighted by Crippen LogP contribution is -2.17. The summed E-state index contributed by atoms with van der Waals surface area (Å²) in [5.41, 5.74) is 3.53. The average molecular weight is 347 g/mol. The summed E-state index contributed by atoms with van der Waals surface area (Å²) in [6.45, 7) is 0. The number of hydrogen-bond donors (Lipinski definition) is 1. The van der Waals surface area contributed by atoms with Gasteiger partial charge in [0.25, 0.3) is 5.69 Å². The van der Waals surface area contributed by atoms with Crippen LogP contribution in [0.2, 0.25) is 0 Å². The third kappa shape index (κ3) is 2.93. The molecule has 108 valence electrons. The average Bonchev–Trinajstić information content (AvgIpc) is 2.49. The number of rotatable bonds is 3. The van der Waals surface area contributed by atoms with Gasteiger partial charge in [-0.05, 0) is 52.4 Å². The Morgan fingerprint density at radius 1 is 1.24 bits per heavy atom. The molecule has 0 radical (unpaired) electrons. The Kier molecular flexibility index (Phi) is 3.92. The standard InChI is InChI=1S/C16H15BrN2O2/c17-14-9-8-12(19(20)21)10-16(14)18-15-7-3-5-11-4-1-2-6-13(11)15/h1-2,4,6,8-10,15,18H,3,5,7H2. The number of hydrogen-bond acceptors (Lipinski definition) is 3. The molecule has 0 bridgehead atoms. The molecule has 0 fully saturated rings. The lowest BCUT2D eigenvalue weighted by atomic mass is 9.87. The van der Waals surface area contributed by atoms with Crippen LogP contribution in [0.15, 0.2) is 46.9 Å². The molecule has 4 nitrogen and oxygen atoms in total. The summed E-state index contributed by atoms with van der Waals surface area (Å²) in [5.74, 6) is 0. The zero-order valence-corrected chi connectivity index (χ0v) is 13.0. The van der Waals surface area contributed by atoms with Crippen molar-refractivity contribution in [3.05, 3.63) is 68.2 Å². The van der Waals surface area contributed by atoms with E-state index in [1.807, 2.05) is 6.07 Å². The molecule has 21 heavy (non-hydrogen) atoms. The molecule has 1 atom stereocenters. The SMILES string of the molecule is O=[N+]([O-])c1ccc(Br)c(NC2CCCc3ccccc32)c1. The highest BCUT2D eigenvalue weighted by Gasteiger charge is 2.21. The maximum Gasteiger partial charge on any atom is 0.271 e. The Balaban J connectivity index is 1.91. The van der Waals surface area contributed by atoms with E-state index in [0.717, 1.165) is 29.4 Å². The van der Waals surface area contributed by atoms with Gasteiger partial charge in [0, 0.05) is 16.6 Å². The summed E-state index contributed by atoms with van der Waals surface area (Å²) >= 11 is 3.46.